The molecule has 0 saturated carbocycles. The van der Waals surface area contributed by atoms with Crippen molar-refractivity contribution in [3.63, 3.8) is 0 Å². The number of nitrogens with zero attached hydrogens (tertiary/aromatic N) is 2. The maximum Gasteiger partial charge on any atom is 0.348 e. The molecule has 6 heteroatoms. The van der Waals surface area contributed by atoms with Gasteiger partial charge in [-0.1, -0.05) is 18.2 Å². The highest BCUT2D eigenvalue weighted by atomic mass is 16.6. The van der Waals surface area contributed by atoms with Crippen LogP contribution in [0.2, 0.25) is 0 Å². The third-order valence-corrected chi connectivity index (χ3v) is 4.15. The molecule has 0 amide bonds. The molecule has 126 valence electrons. The van der Waals surface area contributed by atoms with Gasteiger partial charge in [0.25, 0.3) is 5.56 Å². The van der Waals surface area contributed by atoms with Gasteiger partial charge >= 0.3 is 5.97 Å². The predicted octanol–water partition coefficient (Wildman–Crippen LogP) is 2.05. The van der Waals surface area contributed by atoms with Crippen molar-refractivity contribution in [1.82, 2.24) is 9.38 Å². The molecule has 3 aromatic rings. The molecule has 6 nitrogen and oxygen atoms in total. The first-order valence-corrected chi connectivity index (χ1v) is 8.00. The van der Waals surface area contributed by atoms with E-state index in [1.165, 1.54) is 10.5 Å². The number of hydrogen-bond donors (Lipinski definition) is 0. The van der Waals surface area contributed by atoms with Crippen LogP contribution in [0.4, 0.5) is 0 Å². The van der Waals surface area contributed by atoms with E-state index in [9.17, 15) is 9.59 Å². The van der Waals surface area contributed by atoms with Crippen LogP contribution in [-0.4, -0.2) is 21.5 Å². The molecule has 0 radical (unpaired) electrons. The van der Waals surface area contributed by atoms with Gasteiger partial charge in [-0.3, -0.25) is 9.20 Å². The lowest BCUT2D eigenvalue weighted by molar-refractivity contribution is -0.152. The van der Waals surface area contributed by atoms with Crippen molar-refractivity contribution in [2.24, 2.45) is 0 Å². The van der Waals surface area contributed by atoms with Gasteiger partial charge in [0.15, 0.2) is 6.10 Å². The Morgan fingerprint density at radius 1 is 1.32 bits per heavy atom. The minimum absolute atomic E-state index is 0.0608. The second kappa shape index (κ2) is 6.05. The summed E-state index contributed by atoms with van der Waals surface area (Å²) < 4.78 is 12.4. The molecule has 25 heavy (non-hydrogen) atoms. The van der Waals surface area contributed by atoms with E-state index in [0.29, 0.717) is 23.5 Å². The van der Waals surface area contributed by atoms with Gasteiger partial charge in [0.1, 0.15) is 18.0 Å². The first-order valence-electron chi connectivity index (χ1n) is 8.00. The number of hydrogen-bond acceptors (Lipinski definition) is 5. The van der Waals surface area contributed by atoms with E-state index < -0.39 is 12.1 Å². The number of aromatic nitrogens is 2. The molecular weight excluding hydrogens is 320 g/mol. The van der Waals surface area contributed by atoms with Crippen LogP contribution < -0.4 is 10.3 Å². The van der Waals surface area contributed by atoms with Crippen molar-refractivity contribution in [3.05, 3.63) is 75.8 Å². The quantitative estimate of drug-likeness (QED) is 0.685. The lowest BCUT2D eigenvalue weighted by Crippen LogP contribution is -2.27. The van der Waals surface area contributed by atoms with E-state index in [1.807, 2.05) is 43.3 Å². The summed E-state index contributed by atoms with van der Waals surface area (Å²) in [6.45, 7) is 1.86. The van der Waals surface area contributed by atoms with Gasteiger partial charge in [0.2, 0.25) is 0 Å². The molecule has 2 aromatic heterocycles. The maximum atomic E-state index is 12.2. The van der Waals surface area contributed by atoms with Crippen molar-refractivity contribution in [3.8, 4) is 5.75 Å². The third-order valence-electron chi connectivity index (χ3n) is 4.15. The molecule has 0 spiro atoms. The van der Waals surface area contributed by atoms with Gasteiger partial charge < -0.3 is 9.47 Å². The smallest absolute Gasteiger partial charge is 0.348 e. The molecule has 3 heterocycles. The fraction of sp³-hybridized carbons (Fsp3) is 0.211. The molecule has 0 saturated heterocycles. The zero-order valence-electron chi connectivity index (χ0n) is 13.6. The standard InChI is InChI=1S/C19H16N2O4/c1-12-6-7-21-17(8-12)20-14(10-18(21)22)11-24-19(23)16-9-13-4-2-3-5-15(13)25-16/h2-8,10,16H,9,11H2,1H3/t16-/m0/s1. The Morgan fingerprint density at radius 2 is 2.16 bits per heavy atom. The average Bonchev–Trinajstić information content (AvgIpc) is 3.03. The SMILES string of the molecule is Cc1ccn2c(=O)cc(COC(=O)[C@@H]3Cc4ccccc4O3)nc2c1. The van der Waals surface area contributed by atoms with Gasteiger partial charge in [-0.05, 0) is 36.2 Å². The monoisotopic (exact) mass is 336 g/mol. The molecule has 0 N–H and O–H groups in total. The van der Waals surface area contributed by atoms with Gasteiger partial charge in [-0.2, -0.15) is 0 Å². The zero-order valence-corrected chi connectivity index (χ0v) is 13.6. The molecule has 1 aromatic carbocycles. The molecular formula is C19H16N2O4. The third kappa shape index (κ3) is 2.98. The summed E-state index contributed by atoms with van der Waals surface area (Å²) in [7, 11) is 0. The molecule has 0 fully saturated rings. The van der Waals surface area contributed by atoms with E-state index in [1.54, 1.807) is 6.20 Å². The molecule has 0 aliphatic carbocycles. The Labute approximate surface area is 143 Å². The van der Waals surface area contributed by atoms with Gasteiger partial charge in [0, 0.05) is 18.7 Å². The Hall–Kier alpha value is -3.15. The minimum atomic E-state index is -0.652. The van der Waals surface area contributed by atoms with Crippen LogP contribution in [0, 0.1) is 6.92 Å². The molecule has 4 rings (SSSR count). The number of fused-ring (bicyclic) bond motifs is 2. The Kier molecular flexibility index (Phi) is 3.72. The lowest BCUT2D eigenvalue weighted by Gasteiger charge is -2.10. The van der Waals surface area contributed by atoms with Crippen molar-refractivity contribution in [1.29, 1.82) is 0 Å². The second-order valence-electron chi connectivity index (χ2n) is 6.04. The Bertz CT molecular complexity index is 1000. The number of benzene rings is 1. The Morgan fingerprint density at radius 3 is 3.00 bits per heavy atom. The fourth-order valence-electron chi connectivity index (χ4n) is 2.88. The summed E-state index contributed by atoms with van der Waals surface area (Å²) in [5.41, 5.74) is 2.73. The van der Waals surface area contributed by atoms with Crippen molar-refractivity contribution < 1.29 is 14.3 Å². The highest BCUT2D eigenvalue weighted by Gasteiger charge is 2.30. The molecule has 1 aliphatic heterocycles. The average molecular weight is 336 g/mol. The van der Waals surface area contributed by atoms with Crippen molar-refractivity contribution in [2.75, 3.05) is 0 Å². The first-order chi connectivity index (χ1) is 12.1. The van der Waals surface area contributed by atoms with E-state index in [4.69, 9.17) is 9.47 Å². The summed E-state index contributed by atoms with van der Waals surface area (Å²) in [4.78, 5) is 28.7. The van der Waals surface area contributed by atoms with Crippen LogP contribution in [0.15, 0.2) is 53.5 Å². The van der Waals surface area contributed by atoms with Crippen LogP contribution in [0.25, 0.3) is 5.65 Å². The van der Waals surface area contributed by atoms with Gasteiger partial charge in [-0.15, -0.1) is 0 Å². The zero-order chi connectivity index (χ0) is 17.4. The topological polar surface area (TPSA) is 69.9 Å². The summed E-state index contributed by atoms with van der Waals surface area (Å²) in [6, 6.07) is 12.5. The highest BCUT2D eigenvalue weighted by molar-refractivity contribution is 5.76. The molecule has 1 atom stereocenters. The number of aryl methyl sites for hydroxylation is 1. The van der Waals surface area contributed by atoms with E-state index in [0.717, 1.165) is 11.1 Å². The number of rotatable bonds is 3. The predicted molar refractivity (Wildman–Crippen MR) is 90.6 cm³/mol. The number of esters is 1. The van der Waals surface area contributed by atoms with Crippen LogP contribution in [0.1, 0.15) is 16.8 Å². The number of para-hydroxylation sites is 1. The number of carbonyl (C=O) groups excluding carboxylic acids is 1. The van der Waals surface area contributed by atoms with E-state index in [-0.39, 0.29) is 12.2 Å². The van der Waals surface area contributed by atoms with Crippen LogP contribution in [-0.2, 0) is 22.6 Å². The lowest BCUT2D eigenvalue weighted by atomic mass is 10.1. The first kappa shape index (κ1) is 15.4. The number of carbonyl (C=O) groups is 1. The summed E-state index contributed by atoms with van der Waals surface area (Å²) in [5.74, 6) is 0.254. The van der Waals surface area contributed by atoms with Gasteiger partial charge in [-0.25, -0.2) is 9.78 Å². The van der Waals surface area contributed by atoms with E-state index >= 15 is 0 Å². The fourth-order valence-corrected chi connectivity index (χ4v) is 2.88. The maximum absolute atomic E-state index is 12.2. The summed E-state index contributed by atoms with van der Waals surface area (Å²) in [5, 5.41) is 0. The largest absolute Gasteiger partial charge is 0.478 e. The number of pyridine rings is 1. The molecule has 1 aliphatic rings. The summed E-state index contributed by atoms with van der Waals surface area (Å²) in [6.07, 6.45) is 1.52. The minimum Gasteiger partial charge on any atom is -0.478 e. The Balaban J connectivity index is 1.47. The van der Waals surface area contributed by atoms with Crippen molar-refractivity contribution in [2.45, 2.75) is 26.1 Å². The highest BCUT2D eigenvalue weighted by Crippen LogP contribution is 2.28. The summed E-state index contributed by atoms with van der Waals surface area (Å²) >= 11 is 0. The normalized spacial score (nSPS) is 15.6. The number of ether oxygens (including phenoxy) is 2. The molecule has 0 bridgehead atoms. The van der Waals surface area contributed by atoms with E-state index in [2.05, 4.69) is 4.98 Å². The second-order valence-corrected chi connectivity index (χ2v) is 6.04. The van der Waals surface area contributed by atoms with Crippen molar-refractivity contribution >= 4 is 11.6 Å². The van der Waals surface area contributed by atoms with Gasteiger partial charge in [0.05, 0.1) is 5.69 Å². The van der Waals surface area contributed by atoms with Crippen LogP contribution >= 0.6 is 0 Å². The van der Waals surface area contributed by atoms with Crippen LogP contribution in [0.5, 0.6) is 5.75 Å². The van der Waals surface area contributed by atoms with Crippen LogP contribution in [0.3, 0.4) is 0 Å². The molecule has 0 unspecified atom stereocenters.